The number of hydrogen-bond acceptors (Lipinski definition) is 7. The van der Waals surface area contributed by atoms with Crippen LogP contribution in [0.4, 0.5) is 11.4 Å². The number of carbonyl (C=O) groups excluding carboxylic acids is 2. The summed E-state index contributed by atoms with van der Waals surface area (Å²) in [5, 5.41) is 13.2. The summed E-state index contributed by atoms with van der Waals surface area (Å²) in [5.74, 6) is 0.0699. The van der Waals surface area contributed by atoms with Gasteiger partial charge in [0.25, 0.3) is 11.6 Å². The number of nitrogens with one attached hydrogen (secondary N) is 1. The summed E-state index contributed by atoms with van der Waals surface area (Å²) in [6.07, 6.45) is -1.10. The van der Waals surface area contributed by atoms with Crippen molar-refractivity contribution < 1.29 is 28.7 Å². The summed E-state index contributed by atoms with van der Waals surface area (Å²) >= 11 is 0. The number of methoxy groups -OCH3 is 1. The van der Waals surface area contributed by atoms with Gasteiger partial charge in [0.1, 0.15) is 11.5 Å². The first-order valence-electron chi connectivity index (χ1n) is 8.40. The van der Waals surface area contributed by atoms with Gasteiger partial charge in [-0.3, -0.25) is 19.7 Å². The first-order chi connectivity index (χ1) is 13.4. The average molecular weight is 388 g/mol. The minimum atomic E-state index is -1.06. The molecule has 0 radical (unpaired) electrons. The van der Waals surface area contributed by atoms with Gasteiger partial charge in [0.2, 0.25) is 0 Å². The number of anilines is 1. The molecule has 0 aromatic heterocycles. The molecular formula is C19H20N2O7. The maximum Gasteiger partial charge on any atom is 0.310 e. The van der Waals surface area contributed by atoms with E-state index in [1.165, 1.54) is 31.2 Å². The highest BCUT2D eigenvalue weighted by atomic mass is 16.6. The monoisotopic (exact) mass is 388 g/mol. The fourth-order valence-corrected chi connectivity index (χ4v) is 2.17. The lowest BCUT2D eigenvalue weighted by molar-refractivity contribution is -0.384. The third kappa shape index (κ3) is 6.27. The second-order valence-electron chi connectivity index (χ2n) is 5.70. The molecule has 1 atom stereocenters. The number of hydrogen-bond donors (Lipinski definition) is 1. The molecule has 2 aromatic carbocycles. The van der Waals surface area contributed by atoms with Crippen LogP contribution in [0.5, 0.6) is 11.5 Å². The Balaban J connectivity index is 1.76. The number of nitro groups is 1. The molecule has 9 heteroatoms. The van der Waals surface area contributed by atoms with E-state index < -0.39 is 22.9 Å². The minimum Gasteiger partial charge on any atom is -0.497 e. The molecule has 2 aromatic rings. The van der Waals surface area contributed by atoms with Crippen LogP contribution in [0.2, 0.25) is 0 Å². The summed E-state index contributed by atoms with van der Waals surface area (Å²) in [4.78, 5) is 34.1. The fourth-order valence-electron chi connectivity index (χ4n) is 2.17. The van der Waals surface area contributed by atoms with Gasteiger partial charge in [-0.25, -0.2) is 0 Å². The lowest BCUT2D eigenvalue weighted by Crippen LogP contribution is -2.30. The van der Waals surface area contributed by atoms with Gasteiger partial charge < -0.3 is 19.5 Å². The van der Waals surface area contributed by atoms with E-state index in [2.05, 4.69) is 5.32 Å². The number of non-ortho nitro benzene ring substituents is 1. The molecule has 0 spiro atoms. The molecule has 28 heavy (non-hydrogen) atoms. The highest BCUT2D eigenvalue weighted by Crippen LogP contribution is 2.18. The van der Waals surface area contributed by atoms with Gasteiger partial charge in [-0.05, 0) is 37.3 Å². The summed E-state index contributed by atoms with van der Waals surface area (Å²) in [6, 6.07) is 12.3. The second kappa shape index (κ2) is 9.91. The molecule has 0 fully saturated rings. The van der Waals surface area contributed by atoms with Gasteiger partial charge in [-0.2, -0.15) is 0 Å². The van der Waals surface area contributed by atoms with Crippen LogP contribution < -0.4 is 14.8 Å². The van der Waals surface area contributed by atoms with E-state index in [0.717, 1.165) is 0 Å². The molecular weight excluding hydrogens is 368 g/mol. The largest absolute Gasteiger partial charge is 0.497 e. The van der Waals surface area contributed by atoms with Gasteiger partial charge in [0.15, 0.2) is 6.10 Å². The molecule has 0 heterocycles. The average Bonchev–Trinajstić information content (AvgIpc) is 2.68. The predicted molar refractivity (Wildman–Crippen MR) is 100 cm³/mol. The van der Waals surface area contributed by atoms with Gasteiger partial charge in [-0.15, -0.1) is 0 Å². The van der Waals surface area contributed by atoms with E-state index in [9.17, 15) is 19.7 Å². The van der Waals surface area contributed by atoms with Crippen LogP contribution >= 0.6 is 0 Å². The van der Waals surface area contributed by atoms with Crippen LogP contribution in [0.3, 0.4) is 0 Å². The Morgan fingerprint density at radius 2 is 1.82 bits per heavy atom. The lowest BCUT2D eigenvalue weighted by atomic mass is 10.2. The van der Waals surface area contributed by atoms with Crippen molar-refractivity contribution in [1.29, 1.82) is 0 Å². The topological polar surface area (TPSA) is 117 Å². The Hall–Kier alpha value is -3.62. The Morgan fingerprint density at radius 1 is 1.14 bits per heavy atom. The Labute approximate surface area is 161 Å². The van der Waals surface area contributed by atoms with Gasteiger partial charge in [-0.1, -0.05) is 6.07 Å². The van der Waals surface area contributed by atoms with Crippen LogP contribution in [0.15, 0.2) is 48.5 Å². The Kier molecular flexibility index (Phi) is 7.32. The second-order valence-corrected chi connectivity index (χ2v) is 5.70. The first-order valence-corrected chi connectivity index (χ1v) is 8.40. The standard InChI is InChI=1S/C19H20N2O7/c1-13(19(23)20-14-4-3-5-15(12-14)21(24)25)28-18(22)10-11-27-17-8-6-16(26-2)7-9-17/h3-9,12-13H,10-11H2,1-2H3,(H,20,23)/t13-/m1/s1. The van der Waals surface area contributed by atoms with Crippen molar-refractivity contribution >= 4 is 23.3 Å². The number of nitro benzene ring substituents is 1. The van der Waals surface area contributed by atoms with Crippen LogP contribution in [-0.2, 0) is 14.3 Å². The zero-order valence-electron chi connectivity index (χ0n) is 15.4. The van der Waals surface area contributed by atoms with E-state index in [0.29, 0.717) is 11.5 Å². The number of ether oxygens (including phenoxy) is 3. The van der Waals surface area contributed by atoms with E-state index in [-0.39, 0.29) is 24.4 Å². The third-order valence-electron chi connectivity index (χ3n) is 3.64. The van der Waals surface area contributed by atoms with Crippen molar-refractivity contribution in [1.82, 2.24) is 0 Å². The van der Waals surface area contributed by atoms with Crippen molar-refractivity contribution in [2.45, 2.75) is 19.4 Å². The highest BCUT2D eigenvalue weighted by Gasteiger charge is 2.18. The number of rotatable bonds is 9. The summed E-state index contributed by atoms with van der Waals surface area (Å²) in [7, 11) is 1.56. The quantitative estimate of drug-likeness (QED) is 0.399. The van der Waals surface area contributed by atoms with Crippen LogP contribution in [0, 0.1) is 10.1 Å². The number of carbonyl (C=O) groups is 2. The normalized spacial score (nSPS) is 11.2. The fraction of sp³-hybridized carbons (Fsp3) is 0.263. The summed E-state index contributed by atoms with van der Waals surface area (Å²) in [5.41, 5.74) is 0.0862. The molecule has 0 bridgehead atoms. The Bertz CT molecular complexity index is 836. The molecule has 9 nitrogen and oxygen atoms in total. The minimum absolute atomic E-state index is 0.0412. The van der Waals surface area contributed by atoms with Crippen molar-refractivity contribution in [2.75, 3.05) is 19.0 Å². The van der Waals surface area contributed by atoms with Crippen molar-refractivity contribution in [3.05, 3.63) is 58.6 Å². The zero-order valence-corrected chi connectivity index (χ0v) is 15.4. The molecule has 0 unspecified atom stereocenters. The maximum atomic E-state index is 12.1. The number of amides is 1. The molecule has 0 aliphatic carbocycles. The van der Waals surface area contributed by atoms with Crippen LogP contribution in [0.25, 0.3) is 0 Å². The third-order valence-corrected chi connectivity index (χ3v) is 3.64. The van der Waals surface area contributed by atoms with Crippen molar-refractivity contribution in [3.8, 4) is 11.5 Å². The van der Waals surface area contributed by atoms with Crippen LogP contribution in [-0.4, -0.2) is 36.6 Å². The first kappa shape index (κ1) is 20.7. The predicted octanol–water partition coefficient (Wildman–Crippen LogP) is 2.94. The van der Waals surface area contributed by atoms with Crippen molar-refractivity contribution in [3.63, 3.8) is 0 Å². The van der Waals surface area contributed by atoms with E-state index >= 15 is 0 Å². The summed E-state index contributed by atoms with van der Waals surface area (Å²) < 4.78 is 15.5. The van der Waals surface area contributed by atoms with E-state index in [4.69, 9.17) is 14.2 Å². The Morgan fingerprint density at radius 3 is 2.46 bits per heavy atom. The maximum absolute atomic E-state index is 12.1. The number of esters is 1. The number of nitrogens with zero attached hydrogens (tertiary/aromatic N) is 1. The summed E-state index contributed by atoms with van der Waals surface area (Å²) in [6.45, 7) is 1.50. The molecule has 0 aliphatic heterocycles. The molecule has 148 valence electrons. The SMILES string of the molecule is COc1ccc(OCCC(=O)O[C@H](C)C(=O)Nc2cccc([N+](=O)[O-])c2)cc1. The molecule has 0 aliphatic rings. The van der Waals surface area contributed by atoms with Crippen molar-refractivity contribution in [2.24, 2.45) is 0 Å². The molecule has 1 amide bonds. The van der Waals surface area contributed by atoms with E-state index in [1.807, 2.05) is 0 Å². The van der Waals surface area contributed by atoms with Crippen LogP contribution in [0.1, 0.15) is 13.3 Å². The van der Waals surface area contributed by atoms with Gasteiger partial charge in [0.05, 0.1) is 25.1 Å². The lowest BCUT2D eigenvalue weighted by Gasteiger charge is -2.14. The molecule has 2 rings (SSSR count). The molecule has 0 saturated heterocycles. The molecule has 0 saturated carbocycles. The van der Waals surface area contributed by atoms with Gasteiger partial charge in [0, 0.05) is 17.8 Å². The zero-order chi connectivity index (χ0) is 20.5. The number of benzene rings is 2. The molecule has 1 N–H and O–H groups in total. The highest BCUT2D eigenvalue weighted by molar-refractivity contribution is 5.95. The van der Waals surface area contributed by atoms with E-state index in [1.54, 1.807) is 31.4 Å². The smallest absolute Gasteiger partial charge is 0.310 e. The van der Waals surface area contributed by atoms with Gasteiger partial charge >= 0.3 is 5.97 Å².